The third-order valence-electron chi connectivity index (χ3n) is 6.75. The Morgan fingerprint density at radius 1 is 0.951 bits per heavy atom. The Morgan fingerprint density at radius 2 is 1.71 bits per heavy atom. The van der Waals surface area contributed by atoms with Crippen LogP contribution in [-0.2, 0) is 5.44 Å². The Balaban J connectivity index is 1.50. The molecular formula is C28H17BF3N9. The average Bonchev–Trinajstić information content (AvgIpc) is 3.70. The maximum Gasteiger partial charge on any atom is 0.249 e. The molecule has 2 N–H and O–H groups in total. The van der Waals surface area contributed by atoms with Gasteiger partial charge in [-0.15, -0.1) is 5.10 Å². The van der Waals surface area contributed by atoms with E-state index in [1.165, 1.54) is 36.5 Å². The standard InChI is InChI=1S/C28H17BF3N9/c29-28(17-1-3-18(30)4-2-17,24-14-41(40-39-24)21-5-6-21)38-19-7-15(10-33)25-22(8-19)26(16(11-34)12-35-25)37-20-9-23(31)27(32)36-13-20/h1-4,7-9,12-14,21,38H,5-6H2,(H,35,37). The predicted octanol–water partition coefficient (Wildman–Crippen LogP) is 4.94. The number of nitriles is 2. The first kappa shape index (κ1) is 25.8. The van der Waals surface area contributed by atoms with E-state index >= 15 is 0 Å². The minimum absolute atomic E-state index is 0.0703. The zero-order valence-electron chi connectivity index (χ0n) is 21.1. The van der Waals surface area contributed by atoms with Crippen LogP contribution in [0.15, 0.2) is 61.1 Å². The first-order chi connectivity index (χ1) is 19.8. The van der Waals surface area contributed by atoms with Crippen LogP contribution in [0.1, 0.15) is 41.3 Å². The molecule has 1 saturated carbocycles. The highest BCUT2D eigenvalue weighted by molar-refractivity contribution is 6.19. The summed E-state index contributed by atoms with van der Waals surface area (Å²) < 4.78 is 42.9. The van der Waals surface area contributed by atoms with Crippen molar-refractivity contribution in [2.75, 3.05) is 10.6 Å². The number of nitrogens with one attached hydrogen (secondary N) is 2. The summed E-state index contributed by atoms with van der Waals surface area (Å²) in [4.78, 5) is 7.67. The van der Waals surface area contributed by atoms with E-state index in [1.807, 2.05) is 6.07 Å². The Morgan fingerprint density at radius 3 is 2.39 bits per heavy atom. The zero-order valence-corrected chi connectivity index (χ0v) is 21.1. The molecule has 9 nitrogen and oxygen atoms in total. The zero-order chi connectivity index (χ0) is 28.7. The molecule has 2 aromatic carbocycles. The largest absolute Gasteiger partial charge is 0.378 e. The van der Waals surface area contributed by atoms with E-state index in [0.29, 0.717) is 22.3 Å². The van der Waals surface area contributed by atoms with Crippen LogP contribution in [0, 0.1) is 40.2 Å². The van der Waals surface area contributed by atoms with Gasteiger partial charge in [0.15, 0.2) is 5.82 Å². The third kappa shape index (κ3) is 4.78. The summed E-state index contributed by atoms with van der Waals surface area (Å²) in [5.74, 6) is -2.90. The summed E-state index contributed by atoms with van der Waals surface area (Å²) in [5.41, 5.74) is 0.372. The van der Waals surface area contributed by atoms with E-state index in [1.54, 1.807) is 16.9 Å². The lowest BCUT2D eigenvalue weighted by Crippen LogP contribution is -2.38. The van der Waals surface area contributed by atoms with Crippen LogP contribution in [0.5, 0.6) is 0 Å². The number of pyridine rings is 2. The van der Waals surface area contributed by atoms with E-state index in [-0.39, 0.29) is 34.1 Å². The van der Waals surface area contributed by atoms with Crippen LogP contribution in [0.2, 0.25) is 0 Å². The summed E-state index contributed by atoms with van der Waals surface area (Å²) in [5, 5.41) is 34.7. The monoisotopic (exact) mass is 547 g/mol. The topological polar surface area (TPSA) is 128 Å². The number of nitrogens with zero attached hydrogens (tertiary/aromatic N) is 7. The van der Waals surface area contributed by atoms with Gasteiger partial charge in [-0.25, -0.2) is 18.4 Å². The van der Waals surface area contributed by atoms with E-state index in [2.05, 4.69) is 37.0 Å². The average molecular weight is 547 g/mol. The SMILES string of the molecule is [B]C(Nc1cc(C#N)c2ncc(C#N)c(Nc3cnc(F)c(F)c3)c2c1)(c1ccc(F)cc1)c1cn(C2CC2)nn1. The fourth-order valence-electron chi connectivity index (χ4n) is 4.51. The first-order valence-corrected chi connectivity index (χ1v) is 12.4. The normalized spacial score (nSPS) is 14.2. The van der Waals surface area contributed by atoms with Crippen molar-refractivity contribution in [2.24, 2.45) is 0 Å². The summed E-state index contributed by atoms with van der Waals surface area (Å²) in [7, 11) is 6.94. The van der Waals surface area contributed by atoms with Crippen molar-refractivity contribution in [1.29, 1.82) is 10.5 Å². The van der Waals surface area contributed by atoms with Gasteiger partial charge in [0.25, 0.3) is 0 Å². The molecule has 1 fully saturated rings. The van der Waals surface area contributed by atoms with Crippen LogP contribution in [-0.4, -0.2) is 32.8 Å². The molecule has 1 unspecified atom stereocenters. The Hall–Kier alpha value is -5.43. The highest BCUT2D eigenvalue weighted by Crippen LogP contribution is 2.38. The van der Waals surface area contributed by atoms with E-state index in [0.717, 1.165) is 25.1 Å². The quantitative estimate of drug-likeness (QED) is 0.217. The van der Waals surface area contributed by atoms with Gasteiger partial charge in [-0.05, 0) is 42.7 Å². The number of hydrogen-bond acceptors (Lipinski definition) is 8. The molecule has 6 rings (SSSR count). The van der Waals surface area contributed by atoms with Gasteiger partial charge >= 0.3 is 0 Å². The van der Waals surface area contributed by atoms with Crippen molar-refractivity contribution in [3.05, 3.63) is 101 Å². The Bertz CT molecular complexity index is 1890. The Kier molecular flexibility index (Phi) is 6.27. The van der Waals surface area contributed by atoms with Crippen LogP contribution < -0.4 is 10.6 Å². The maximum absolute atomic E-state index is 13.9. The highest BCUT2D eigenvalue weighted by atomic mass is 19.2. The van der Waals surface area contributed by atoms with Crippen molar-refractivity contribution >= 4 is 35.8 Å². The molecule has 2 radical (unpaired) electrons. The molecule has 41 heavy (non-hydrogen) atoms. The molecule has 13 heteroatoms. The molecule has 0 aliphatic heterocycles. The van der Waals surface area contributed by atoms with Gasteiger partial charge in [0.1, 0.15) is 31.5 Å². The molecule has 0 saturated heterocycles. The maximum atomic E-state index is 13.9. The highest BCUT2D eigenvalue weighted by Gasteiger charge is 2.34. The van der Waals surface area contributed by atoms with Gasteiger partial charge < -0.3 is 10.6 Å². The predicted molar refractivity (Wildman–Crippen MR) is 143 cm³/mol. The summed E-state index contributed by atoms with van der Waals surface area (Å²) in [6.07, 6.45) is 6.00. The molecule has 3 aromatic heterocycles. The number of aromatic nitrogens is 5. The van der Waals surface area contributed by atoms with Gasteiger partial charge in [-0.1, -0.05) is 17.3 Å². The molecule has 1 aliphatic rings. The van der Waals surface area contributed by atoms with Crippen LogP contribution in [0.4, 0.5) is 30.2 Å². The molecule has 1 aliphatic carbocycles. The second-order valence-electron chi connectivity index (χ2n) is 9.57. The van der Waals surface area contributed by atoms with E-state index in [4.69, 9.17) is 7.85 Å². The number of benzene rings is 2. The fraction of sp³-hybridized carbons (Fsp3) is 0.143. The van der Waals surface area contributed by atoms with Crippen LogP contribution in [0.25, 0.3) is 10.9 Å². The molecule has 0 amide bonds. The van der Waals surface area contributed by atoms with Gasteiger partial charge in [0, 0.05) is 23.3 Å². The number of hydrogen-bond donors (Lipinski definition) is 2. The second kappa shape index (κ2) is 9.95. The molecular weight excluding hydrogens is 530 g/mol. The molecule has 5 aromatic rings. The van der Waals surface area contributed by atoms with Gasteiger partial charge in [-0.2, -0.15) is 14.9 Å². The van der Waals surface area contributed by atoms with Crippen molar-refractivity contribution < 1.29 is 13.2 Å². The number of rotatable bonds is 7. The lowest BCUT2D eigenvalue weighted by atomic mass is 9.69. The lowest BCUT2D eigenvalue weighted by Gasteiger charge is -2.32. The summed E-state index contributed by atoms with van der Waals surface area (Å²) in [6.45, 7) is 0. The van der Waals surface area contributed by atoms with Gasteiger partial charge in [0.2, 0.25) is 5.95 Å². The molecule has 1 atom stereocenters. The molecule has 3 heterocycles. The van der Waals surface area contributed by atoms with Crippen molar-refractivity contribution in [3.8, 4) is 12.1 Å². The fourth-order valence-corrected chi connectivity index (χ4v) is 4.51. The van der Waals surface area contributed by atoms with Crippen molar-refractivity contribution in [2.45, 2.75) is 24.3 Å². The number of anilines is 3. The van der Waals surface area contributed by atoms with Crippen molar-refractivity contribution in [1.82, 2.24) is 25.0 Å². The van der Waals surface area contributed by atoms with E-state index < -0.39 is 23.0 Å². The molecule has 198 valence electrons. The minimum Gasteiger partial charge on any atom is -0.378 e. The summed E-state index contributed by atoms with van der Waals surface area (Å²) >= 11 is 0. The minimum atomic E-state index is -1.51. The third-order valence-corrected chi connectivity index (χ3v) is 6.75. The van der Waals surface area contributed by atoms with Crippen LogP contribution in [0.3, 0.4) is 0 Å². The van der Waals surface area contributed by atoms with Gasteiger partial charge in [0.05, 0.1) is 51.9 Å². The summed E-state index contributed by atoms with van der Waals surface area (Å²) in [6, 6.07) is 14.0. The second-order valence-corrected chi connectivity index (χ2v) is 9.57. The first-order valence-electron chi connectivity index (χ1n) is 12.4. The van der Waals surface area contributed by atoms with Gasteiger partial charge in [-0.3, -0.25) is 4.98 Å². The van der Waals surface area contributed by atoms with Crippen molar-refractivity contribution in [3.63, 3.8) is 0 Å². The van der Waals surface area contributed by atoms with E-state index in [9.17, 15) is 23.7 Å². The number of fused-ring (bicyclic) bond motifs is 1. The molecule has 0 spiro atoms. The molecule has 0 bridgehead atoms. The van der Waals surface area contributed by atoms with Crippen LogP contribution >= 0.6 is 0 Å². The smallest absolute Gasteiger partial charge is 0.249 e. The lowest BCUT2D eigenvalue weighted by molar-refractivity contribution is 0.480. The number of halogens is 3. The Labute approximate surface area is 232 Å².